The molecule has 102 valence electrons. The molecule has 3 aliphatic rings. The Balaban J connectivity index is 1.82. The lowest BCUT2D eigenvalue weighted by Crippen LogP contribution is -2.50. The van der Waals surface area contributed by atoms with Gasteiger partial charge < -0.3 is 0 Å². The summed E-state index contributed by atoms with van der Waals surface area (Å²) in [5.41, 5.74) is 4.98. The summed E-state index contributed by atoms with van der Waals surface area (Å²) in [6.07, 6.45) is 6.53. The lowest BCUT2D eigenvalue weighted by Gasteiger charge is -2.59. The van der Waals surface area contributed by atoms with E-state index < -0.39 is 0 Å². The van der Waals surface area contributed by atoms with Gasteiger partial charge in [-0.05, 0) is 35.3 Å². The Morgan fingerprint density at radius 2 is 2.00 bits per heavy atom. The van der Waals surface area contributed by atoms with E-state index in [9.17, 15) is 0 Å². The number of hydrogen-bond donors (Lipinski definition) is 0. The Labute approximate surface area is 119 Å². The van der Waals surface area contributed by atoms with Crippen molar-refractivity contribution in [1.82, 2.24) is 15.0 Å². The molecule has 3 nitrogen and oxygen atoms in total. The molecule has 2 bridgehead atoms. The minimum absolute atomic E-state index is 0.433. The lowest BCUT2D eigenvalue weighted by molar-refractivity contribution is -0.00271. The summed E-state index contributed by atoms with van der Waals surface area (Å²) >= 11 is 0. The number of aromatic nitrogens is 3. The molecule has 3 heteroatoms. The van der Waals surface area contributed by atoms with Gasteiger partial charge in [-0.25, -0.2) is 0 Å². The van der Waals surface area contributed by atoms with Crippen molar-refractivity contribution in [2.45, 2.75) is 39.0 Å². The quantitative estimate of drug-likeness (QED) is 0.787. The average Bonchev–Trinajstić information content (AvgIpc) is 2.47. The number of hydrogen-bond acceptors (Lipinski definition) is 3. The van der Waals surface area contributed by atoms with Crippen LogP contribution < -0.4 is 0 Å². The van der Waals surface area contributed by atoms with Gasteiger partial charge >= 0.3 is 0 Å². The van der Waals surface area contributed by atoms with Crippen molar-refractivity contribution in [1.29, 1.82) is 0 Å². The summed E-state index contributed by atoms with van der Waals surface area (Å²) in [7, 11) is 0. The van der Waals surface area contributed by atoms with Crippen LogP contribution in [0, 0.1) is 11.3 Å². The van der Waals surface area contributed by atoms with Gasteiger partial charge in [0.15, 0.2) is 0 Å². The first kappa shape index (κ1) is 12.0. The molecule has 1 fully saturated rings. The number of nitrogens with zero attached hydrogens (tertiary/aromatic N) is 3. The normalized spacial score (nSPS) is 29.4. The summed E-state index contributed by atoms with van der Waals surface area (Å²) in [5.74, 6) is 1.99. The Morgan fingerprint density at radius 3 is 2.70 bits per heavy atom. The van der Waals surface area contributed by atoms with Crippen LogP contribution >= 0.6 is 0 Å². The maximum absolute atomic E-state index is 4.91. The highest BCUT2D eigenvalue weighted by Gasteiger charge is 2.56. The van der Waals surface area contributed by atoms with Gasteiger partial charge in [0.1, 0.15) is 5.69 Å². The van der Waals surface area contributed by atoms with Crippen LogP contribution in [0.2, 0.25) is 0 Å². The average molecular weight is 265 g/mol. The van der Waals surface area contributed by atoms with E-state index in [1.807, 2.05) is 0 Å². The van der Waals surface area contributed by atoms with E-state index in [1.54, 1.807) is 18.6 Å². The minimum atomic E-state index is 0.433. The third-order valence-corrected chi connectivity index (χ3v) is 5.54. The second-order valence-electron chi connectivity index (χ2n) is 6.77. The van der Waals surface area contributed by atoms with Crippen molar-refractivity contribution in [3.63, 3.8) is 0 Å². The fraction of sp³-hybridized carbons (Fsp3) is 0.471. The predicted molar refractivity (Wildman–Crippen MR) is 78.3 cm³/mol. The fourth-order valence-electron chi connectivity index (χ4n) is 4.25. The molecule has 0 amide bonds. The summed E-state index contributed by atoms with van der Waals surface area (Å²) in [5, 5.41) is 0. The molecule has 2 aromatic rings. The molecule has 0 unspecified atom stereocenters. The van der Waals surface area contributed by atoms with Crippen molar-refractivity contribution in [2.24, 2.45) is 11.3 Å². The molecule has 1 saturated carbocycles. The van der Waals surface area contributed by atoms with Gasteiger partial charge in [0.05, 0.1) is 11.9 Å². The molecule has 5 rings (SSSR count). The highest BCUT2D eigenvalue weighted by Crippen LogP contribution is 2.66. The third-order valence-electron chi connectivity index (χ3n) is 5.54. The van der Waals surface area contributed by atoms with Crippen LogP contribution in [-0.4, -0.2) is 15.0 Å². The van der Waals surface area contributed by atoms with Gasteiger partial charge in [-0.2, -0.15) is 0 Å². The zero-order valence-corrected chi connectivity index (χ0v) is 12.2. The molecule has 0 spiro atoms. The molecule has 3 aliphatic carbocycles. The van der Waals surface area contributed by atoms with E-state index >= 15 is 0 Å². The second-order valence-corrected chi connectivity index (χ2v) is 6.77. The van der Waals surface area contributed by atoms with Crippen LogP contribution in [0.4, 0.5) is 0 Å². The van der Waals surface area contributed by atoms with E-state index in [1.165, 1.54) is 17.7 Å². The van der Waals surface area contributed by atoms with Gasteiger partial charge in [0.25, 0.3) is 0 Å². The van der Waals surface area contributed by atoms with Crippen LogP contribution in [-0.2, 0) is 0 Å². The zero-order chi connectivity index (χ0) is 13.9. The Morgan fingerprint density at radius 1 is 1.15 bits per heavy atom. The maximum Gasteiger partial charge on any atom is 0.107 e. The Bertz CT molecular complexity index is 663. The molecule has 0 saturated heterocycles. The molecular weight excluding hydrogens is 246 g/mol. The molecule has 0 aliphatic heterocycles. The molecule has 20 heavy (non-hydrogen) atoms. The van der Waals surface area contributed by atoms with Crippen LogP contribution in [0.15, 0.2) is 30.7 Å². The first-order chi connectivity index (χ1) is 9.59. The second kappa shape index (κ2) is 3.87. The Hall–Kier alpha value is -1.77. The summed E-state index contributed by atoms with van der Waals surface area (Å²) in [6, 6.07) is 4.37. The zero-order valence-electron chi connectivity index (χ0n) is 12.2. The largest absolute Gasteiger partial charge is 0.261 e. The van der Waals surface area contributed by atoms with Crippen LogP contribution in [0.5, 0.6) is 0 Å². The van der Waals surface area contributed by atoms with Crippen molar-refractivity contribution >= 4 is 0 Å². The molecule has 0 N–H and O–H groups in total. The van der Waals surface area contributed by atoms with Crippen molar-refractivity contribution < 1.29 is 0 Å². The van der Waals surface area contributed by atoms with Gasteiger partial charge in [0.2, 0.25) is 0 Å². The smallest absolute Gasteiger partial charge is 0.107 e. The minimum Gasteiger partial charge on any atom is -0.261 e. The molecule has 3 atom stereocenters. The predicted octanol–water partition coefficient (Wildman–Crippen LogP) is 3.79. The molecular formula is C17H19N3. The van der Waals surface area contributed by atoms with Crippen LogP contribution in [0.1, 0.15) is 50.3 Å². The van der Waals surface area contributed by atoms with Crippen molar-refractivity contribution in [3.8, 4) is 11.4 Å². The maximum atomic E-state index is 4.91. The fourth-order valence-corrected chi connectivity index (χ4v) is 4.25. The highest BCUT2D eigenvalue weighted by atomic mass is 14.8. The van der Waals surface area contributed by atoms with Crippen LogP contribution in [0.25, 0.3) is 11.4 Å². The SMILES string of the molecule is C[C@@H]1c2nc(-c3cnccn3)ccc2[C@@H]2C[C@H]1C2(C)C. The van der Waals surface area contributed by atoms with Gasteiger partial charge in [-0.1, -0.05) is 26.8 Å². The number of rotatable bonds is 1. The summed E-state index contributed by atoms with van der Waals surface area (Å²) in [4.78, 5) is 13.4. The number of pyridine rings is 1. The third kappa shape index (κ3) is 1.43. The van der Waals surface area contributed by atoms with E-state index in [0.717, 1.165) is 17.3 Å². The molecule has 2 aromatic heterocycles. The standard InChI is InChI=1S/C17H19N3/c1-10-12-8-13(17(12,2)3)11-4-5-14(20-16(10)11)15-9-18-6-7-19-15/h4-7,9-10,12-13H,8H2,1-3H3/t10-,12+,13-/m0/s1. The van der Waals surface area contributed by atoms with Gasteiger partial charge in [-0.15, -0.1) is 0 Å². The van der Waals surface area contributed by atoms with Gasteiger partial charge in [-0.3, -0.25) is 15.0 Å². The van der Waals surface area contributed by atoms with Crippen LogP contribution in [0.3, 0.4) is 0 Å². The van der Waals surface area contributed by atoms with Crippen molar-refractivity contribution in [2.75, 3.05) is 0 Å². The van der Waals surface area contributed by atoms with E-state index in [-0.39, 0.29) is 0 Å². The first-order valence-corrected chi connectivity index (χ1v) is 7.36. The topological polar surface area (TPSA) is 38.7 Å². The molecule has 0 aromatic carbocycles. The molecule has 0 radical (unpaired) electrons. The van der Waals surface area contributed by atoms with E-state index in [0.29, 0.717) is 17.3 Å². The first-order valence-electron chi connectivity index (χ1n) is 7.36. The lowest BCUT2D eigenvalue weighted by atomic mass is 9.45. The summed E-state index contributed by atoms with van der Waals surface area (Å²) in [6.45, 7) is 7.14. The highest BCUT2D eigenvalue weighted by molar-refractivity contribution is 5.55. The van der Waals surface area contributed by atoms with E-state index in [4.69, 9.17) is 4.98 Å². The van der Waals surface area contributed by atoms with Crippen molar-refractivity contribution in [3.05, 3.63) is 42.0 Å². The Kier molecular flexibility index (Phi) is 2.33. The monoisotopic (exact) mass is 265 g/mol. The van der Waals surface area contributed by atoms with E-state index in [2.05, 4.69) is 42.9 Å². The molecule has 2 heterocycles. The summed E-state index contributed by atoms with van der Waals surface area (Å²) < 4.78 is 0. The van der Waals surface area contributed by atoms with Gasteiger partial charge in [0, 0.05) is 24.0 Å².